The Morgan fingerprint density at radius 1 is 1.12 bits per heavy atom. The van der Waals surface area contributed by atoms with Gasteiger partial charge in [0, 0.05) is 23.0 Å². The molecule has 1 fully saturated rings. The van der Waals surface area contributed by atoms with Gasteiger partial charge in [-0.1, -0.05) is 23.2 Å². The second-order valence-corrected chi connectivity index (χ2v) is 9.88. The van der Waals surface area contributed by atoms with Crippen molar-refractivity contribution >= 4 is 56.6 Å². The van der Waals surface area contributed by atoms with Crippen molar-refractivity contribution in [3.63, 3.8) is 0 Å². The summed E-state index contributed by atoms with van der Waals surface area (Å²) in [6.45, 7) is 0.171. The van der Waals surface area contributed by atoms with Gasteiger partial charge in [-0.25, -0.2) is 9.37 Å². The minimum atomic E-state index is -0.598. The lowest BCUT2D eigenvalue weighted by Gasteiger charge is -2.28. The number of thiazole rings is 1. The highest BCUT2D eigenvalue weighted by Gasteiger charge is 2.27. The number of halogens is 3. The Morgan fingerprint density at radius 2 is 1.91 bits per heavy atom. The zero-order chi connectivity index (χ0) is 23.4. The Labute approximate surface area is 204 Å². The summed E-state index contributed by atoms with van der Waals surface area (Å²) in [6.07, 6.45) is 2.79. The van der Waals surface area contributed by atoms with E-state index in [1.165, 1.54) is 23.5 Å². The molecule has 2 amide bonds. The molecule has 1 saturated carbocycles. The minimum Gasteiger partial charge on any atom is -0.484 e. The molecule has 4 rings (SSSR count). The van der Waals surface area contributed by atoms with Crippen molar-refractivity contribution in [2.45, 2.75) is 38.3 Å². The first-order valence-corrected chi connectivity index (χ1v) is 12.1. The van der Waals surface area contributed by atoms with E-state index in [-0.39, 0.29) is 41.2 Å². The van der Waals surface area contributed by atoms with Gasteiger partial charge >= 0.3 is 0 Å². The summed E-state index contributed by atoms with van der Waals surface area (Å²) in [7, 11) is 0. The standard InChI is InChI=1S/C23H22Cl2FN3O3S/c24-14-3-8-20-19(9-14)29-22(33-20)11-27-23(31)13-1-4-15(5-2-13)28-21(30)12-32-16-6-7-17(25)18(26)10-16/h3,6-10,13,15H,1-2,4-5,11-12H2,(H,27,31)(H,28,30)/t13-,15-. The van der Waals surface area contributed by atoms with E-state index in [4.69, 9.17) is 27.9 Å². The second-order valence-electron chi connectivity index (χ2n) is 7.92. The molecular formula is C23H22Cl2FN3O3S. The molecule has 1 aliphatic rings. The number of benzene rings is 2. The average Bonchev–Trinajstić information content (AvgIpc) is 3.21. The van der Waals surface area contributed by atoms with Crippen molar-refractivity contribution in [3.8, 4) is 5.75 Å². The lowest BCUT2D eigenvalue weighted by atomic mass is 9.85. The Balaban J connectivity index is 1.18. The summed E-state index contributed by atoms with van der Waals surface area (Å²) < 4.78 is 19.8. The fraction of sp³-hybridized carbons (Fsp3) is 0.348. The summed E-state index contributed by atoms with van der Waals surface area (Å²) in [6, 6.07) is 9.58. The highest BCUT2D eigenvalue weighted by molar-refractivity contribution is 7.18. The van der Waals surface area contributed by atoms with Crippen molar-refractivity contribution in [1.29, 1.82) is 0 Å². The van der Waals surface area contributed by atoms with Crippen LogP contribution in [0.5, 0.6) is 5.75 Å². The molecule has 0 bridgehead atoms. The lowest BCUT2D eigenvalue weighted by molar-refractivity contribution is -0.126. The van der Waals surface area contributed by atoms with E-state index >= 15 is 0 Å². The van der Waals surface area contributed by atoms with Crippen LogP contribution in [-0.4, -0.2) is 29.4 Å². The molecule has 0 atom stereocenters. The smallest absolute Gasteiger partial charge is 0.258 e. The van der Waals surface area contributed by atoms with E-state index in [0.717, 1.165) is 21.3 Å². The quantitative estimate of drug-likeness (QED) is 0.463. The number of nitrogens with zero attached hydrogens (tertiary/aromatic N) is 1. The molecular weight excluding hydrogens is 488 g/mol. The molecule has 0 unspecified atom stereocenters. The predicted molar refractivity (Wildman–Crippen MR) is 127 cm³/mol. The minimum absolute atomic E-state index is 0.00223. The van der Waals surface area contributed by atoms with Gasteiger partial charge in [-0.2, -0.15) is 0 Å². The van der Waals surface area contributed by atoms with E-state index in [0.29, 0.717) is 37.3 Å². The number of amides is 2. The van der Waals surface area contributed by atoms with Crippen LogP contribution in [-0.2, 0) is 16.1 Å². The van der Waals surface area contributed by atoms with Crippen LogP contribution in [0.2, 0.25) is 10.0 Å². The number of hydrogen-bond acceptors (Lipinski definition) is 5. The molecule has 174 valence electrons. The largest absolute Gasteiger partial charge is 0.484 e. The molecule has 1 heterocycles. The normalized spacial score (nSPS) is 18.2. The first kappa shape index (κ1) is 23.7. The molecule has 10 heteroatoms. The van der Waals surface area contributed by atoms with Crippen LogP contribution in [0.3, 0.4) is 0 Å². The van der Waals surface area contributed by atoms with Crippen molar-refractivity contribution in [1.82, 2.24) is 15.6 Å². The molecule has 6 nitrogen and oxygen atoms in total. The molecule has 0 saturated heterocycles. The summed E-state index contributed by atoms with van der Waals surface area (Å²) in [5, 5.41) is 7.36. The topological polar surface area (TPSA) is 80.3 Å². The maximum absolute atomic E-state index is 13.4. The SMILES string of the molecule is O=C(COc1ccc(Cl)c(F)c1)N[C@H]1CC[C@H](C(=O)NCc2nc3cc(Cl)ccc3s2)CC1. The van der Waals surface area contributed by atoms with E-state index in [9.17, 15) is 14.0 Å². The molecule has 3 aromatic rings. The van der Waals surface area contributed by atoms with Crippen molar-refractivity contribution in [2.24, 2.45) is 5.92 Å². The average molecular weight is 510 g/mol. The monoisotopic (exact) mass is 509 g/mol. The van der Waals surface area contributed by atoms with Gasteiger partial charge in [0.25, 0.3) is 5.91 Å². The molecule has 2 aromatic carbocycles. The molecule has 0 radical (unpaired) electrons. The molecule has 0 spiro atoms. The molecule has 1 aromatic heterocycles. The number of carbonyl (C=O) groups is 2. The number of ether oxygens (including phenoxy) is 1. The third kappa shape index (κ3) is 6.34. The van der Waals surface area contributed by atoms with E-state index in [1.54, 1.807) is 0 Å². The maximum atomic E-state index is 13.4. The highest BCUT2D eigenvalue weighted by Crippen LogP contribution is 2.27. The summed E-state index contributed by atoms with van der Waals surface area (Å²) >= 11 is 13.2. The maximum Gasteiger partial charge on any atom is 0.258 e. The van der Waals surface area contributed by atoms with Crippen LogP contribution in [0, 0.1) is 11.7 Å². The third-order valence-corrected chi connectivity index (χ3v) is 7.11. The summed E-state index contributed by atoms with van der Waals surface area (Å²) in [5.74, 6) is -0.725. The Hall–Kier alpha value is -2.42. The van der Waals surface area contributed by atoms with E-state index in [2.05, 4.69) is 15.6 Å². The van der Waals surface area contributed by atoms with Gasteiger partial charge < -0.3 is 15.4 Å². The van der Waals surface area contributed by atoms with Gasteiger partial charge in [0.05, 0.1) is 21.8 Å². The van der Waals surface area contributed by atoms with E-state index < -0.39 is 5.82 Å². The summed E-state index contributed by atoms with van der Waals surface area (Å²) in [4.78, 5) is 29.3. The third-order valence-electron chi connectivity index (χ3n) is 5.53. The zero-order valence-electron chi connectivity index (χ0n) is 17.6. The predicted octanol–water partition coefficient (Wildman–Crippen LogP) is 5.11. The first-order valence-electron chi connectivity index (χ1n) is 10.6. The summed E-state index contributed by atoms with van der Waals surface area (Å²) in [5.41, 5.74) is 0.832. The number of nitrogens with one attached hydrogen (secondary N) is 2. The van der Waals surface area contributed by atoms with Crippen LogP contribution in [0.15, 0.2) is 36.4 Å². The number of carbonyl (C=O) groups excluding carboxylic acids is 2. The highest BCUT2D eigenvalue weighted by atomic mass is 35.5. The number of fused-ring (bicyclic) bond motifs is 1. The van der Waals surface area contributed by atoms with Crippen molar-refractivity contribution in [3.05, 3.63) is 57.3 Å². The zero-order valence-corrected chi connectivity index (χ0v) is 19.9. The van der Waals surface area contributed by atoms with Crippen molar-refractivity contribution < 1.29 is 18.7 Å². The molecule has 2 N–H and O–H groups in total. The number of aromatic nitrogens is 1. The fourth-order valence-electron chi connectivity index (χ4n) is 3.82. The Morgan fingerprint density at radius 3 is 2.67 bits per heavy atom. The number of rotatable bonds is 7. The van der Waals surface area contributed by atoms with Gasteiger partial charge in [0.2, 0.25) is 5.91 Å². The van der Waals surface area contributed by atoms with Gasteiger partial charge in [0.1, 0.15) is 16.6 Å². The van der Waals surface area contributed by atoms with Crippen LogP contribution < -0.4 is 15.4 Å². The van der Waals surface area contributed by atoms with Gasteiger partial charge in [-0.3, -0.25) is 9.59 Å². The van der Waals surface area contributed by atoms with Crippen LogP contribution in [0.25, 0.3) is 10.2 Å². The Kier molecular flexibility index (Phi) is 7.67. The van der Waals surface area contributed by atoms with Crippen LogP contribution in [0.1, 0.15) is 30.7 Å². The van der Waals surface area contributed by atoms with Crippen molar-refractivity contribution in [2.75, 3.05) is 6.61 Å². The van der Waals surface area contributed by atoms with E-state index in [1.807, 2.05) is 18.2 Å². The molecule has 1 aliphatic carbocycles. The lowest BCUT2D eigenvalue weighted by Crippen LogP contribution is -2.42. The molecule has 33 heavy (non-hydrogen) atoms. The molecule has 0 aliphatic heterocycles. The van der Waals surface area contributed by atoms with Gasteiger partial charge in [0.15, 0.2) is 6.61 Å². The fourth-order valence-corrected chi connectivity index (χ4v) is 4.99. The Bertz CT molecular complexity index is 1170. The number of hydrogen-bond donors (Lipinski definition) is 2. The van der Waals surface area contributed by atoms with Crippen LogP contribution in [0.4, 0.5) is 4.39 Å². The first-order chi connectivity index (χ1) is 15.9. The van der Waals surface area contributed by atoms with Gasteiger partial charge in [-0.05, 0) is 56.0 Å². The second kappa shape index (κ2) is 10.7. The van der Waals surface area contributed by atoms with Crippen LogP contribution >= 0.6 is 34.5 Å². The van der Waals surface area contributed by atoms with Gasteiger partial charge in [-0.15, -0.1) is 11.3 Å².